The van der Waals surface area contributed by atoms with Gasteiger partial charge in [0.05, 0.1) is 0 Å². The van der Waals surface area contributed by atoms with Gasteiger partial charge in [-0.2, -0.15) is 5.26 Å². The first kappa shape index (κ1) is 9.83. The minimum Gasteiger partial charge on any atom is -0.352 e. The first-order chi connectivity index (χ1) is 7.29. The van der Waals surface area contributed by atoms with Gasteiger partial charge in [0, 0.05) is 26.2 Å². The molecule has 2 N–H and O–H groups in total. The van der Waals surface area contributed by atoms with Crippen LogP contribution >= 0.6 is 0 Å². The van der Waals surface area contributed by atoms with Crippen molar-refractivity contribution in [1.29, 1.82) is 5.26 Å². The van der Waals surface area contributed by atoms with Crippen LogP contribution in [0.1, 0.15) is 5.69 Å². The molecule has 2 heterocycles. The number of hydrogen-bond donors (Lipinski definition) is 1. The van der Waals surface area contributed by atoms with Gasteiger partial charge in [-0.25, -0.2) is 5.01 Å². The maximum atomic E-state index is 8.58. The molecule has 6 nitrogen and oxygen atoms in total. The molecule has 0 saturated carbocycles. The molecule has 1 aliphatic heterocycles. The van der Waals surface area contributed by atoms with Crippen LogP contribution < -0.4 is 10.7 Å². The van der Waals surface area contributed by atoms with Crippen molar-refractivity contribution < 1.29 is 0 Å². The number of piperazine rings is 1. The van der Waals surface area contributed by atoms with Crippen molar-refractivity contribution in [3.63, 3.8) is 0 Å². The fraction of sp³-hybridized carbons (Fsp3) is 0.444. The SMILES string of the molecule is N#Cc1ccc(N2CCN(N)CC2)nn1. The average Bonchev–Trinajstić information content (AvgIpc) is 2.30. The van der Waals surface area contributed by atoms with Gasteiger partial charge < -0.3 is 4.90 Å². The van der Waals surface area contributed by atoms with E-state index in [1.807, 2.05) is 12.1 Å². The van der Waals surface area contributed by atoms with Gasteiger partial charge in [-0.15, -0.1) is 10.2 Å². The van der Waals surface area contributed by atoms with Crippen molar-refractivity contribution in [2.75, 3.05) is 31.1 Å². The van der Waals surface area contributed by atoms with Crippen LogP contribution in [0, 0.1) is 11.3 Å². The molecule has 1 saturated heterocycles. The third-order valence-corrected chi connectivity index (χ3v) is 2.40. The standard InChI is InChI=1S/C9H12N6/c10-7-8-1-2-9(13-12-8)14-3-5-15(11)6-4-14/h1-2H,3-6,11H2. The van der Waals surface area contributed by atoms with E-state index in [1.165, 1.54) is 0 Å². The zero-order chi connectivity index (χ0) is 10.7. The summed E-state index contributed by atoms with van der Waals surface area (Å²) in [6.45, 7) is 3.33. The van der Waals surface area contributed by atoms with E-state index in [1.54, 1.807) is 11.1 Å². The number of nitrogens with two attached hydrogens (primary N) is 1. The highest BCUT2D eigenvalue weighted by Gasteiger charge is 2.15. The lowest BCUT2D eigenvalue weighted by Crippen LogP contribution is -2.49. The summed E-state index contributed by atoms with van der Waals surface area (Å²) in [7, 11) is 0. The van der Waals surface area contributed by atoms with Gasteiger partial charge >= 0.3 is 0 Å². The first-order valence-electron chi connectivity index (χ1n) is 4.78. The first-order valence-corrected chi connectivity index (χ1v) is 4.78. The summed E-state index contributed by atoms with van der Waals surface area (Å²) in [6, 6.07) is 5.44. The van der Waals surface area contributed by atoms with E-state index in [0.29, 0.717) is 5.69 Å². The summed E-state index contributed by atoms with van der Waals surface area (Å²) < 4.78 is 0. The van der Waals surface area contributed by atoms with Crippen LogP contribution in [0.3, 0.4) is 0 Å². The summed E-state index contributed by atoms with van der Waals surface area (Å²) in [6.07, 6.45) is 0. The lowest BCUT2D eigenvalue weighted by Gasteiger charge is -2.32. The highest BCUT2D eigenvalue weighted by atomic mass is 15.4. The molecule has 1 fully saturated rings. The highest BCUT2D eigenvalue weighted by Crippen LogP contribution is 2.10. The molecule has 0 bridgehead atoms. The quantitative estimate of drug-likeness (QED) is 0.612. The molecule has 1 aromatic heterocycles. The molecule has 0 aromatic carbocycles. The second-order valence-corrected chi connectivity index (χ2v) is 3.41. The largest absolute Gasteiger partial charge is 0.352 e. The van der Waals surface area contributed by atoms with Crippen molar-refractivity contribution in [2.24, 2.45) is 5.84 Å². The molecule has 1 aromatic rings. The van der Waals surface area contributed by atoms with E-state index in [0.717, 1.165) is 32.0 Å². The lowest BCUT2D eigenvalue weighted by molar-refractivity contribution is 0.265. The van der Waals surface area contributed by atoms with Crippen LogP contribution in [0.4, 0.5) is 5.82 Å². The number of hydrazine groups is 1. The van der Waals surface area contributed by atoms with Crippen molar-refractivity contribution in [3.05, 3.63) is 17.8 Å². The van der Waals surface area contributed by atoms with Crippen LogP contribution in [0.5, 0.6) is 0 Å². The zero-order valence-electron chi connectivity index (χ0n) is 8.30. The van der Waals surface area contributed by atoms with Crippen LogP contribution in [-0.2, 0) is 0 Å². The molecule has 0 aliphatic carbocycles. The number of rotatable bonds is 1. The van der Waals surface area contributed by atoms with Gasteiger partial charge in [0.1, 0.15) is 6.07 Å². The van der Waals surface area contributed by atoms with Gasteiger partial charge in [0.2, 0.25) is 0 Å². The Labute approximate surface area is 87.9 Å². The highest BCUT2D eigenvalue weighted by molar-refractivity contribution is 5.39. The maximum Gasteiger partial charge on any atom is 0.163 e. The molecule has 1 aliphatic rings. The Bertz CT molecular complexity index is 359. The molecular formula is C9H12N6. The normalized spacial score (nSPS) is 17.5. The molecule has 78 valence electrons. The molecule has 0 atom stereocenters. The molecular weight excluding hydrogens is 192 g/mol. The summed E-state index contributed by atoms with van der Waals surface area (Å²) >= 11 is 0. The molecule has 0 amide bonds. The average molecular weight is 204 g/mol. The molecule has 15 heavy (non-hydrogen) atoms. The van der Waals surface area contributed by atoms with E-state index < -0.39 is 0 Å². The molecule has 2 rings (SSSR count). The van der Waals surface area contributed by atoms with Crippen molar-refractivity contribution >= 4 is 5.82 Å². The van der Waals surface area contributed by atoms with Crippen molar-refractivity contribution in [2.45, 2.75) is 0 Å². The van der Waals surface area contributed by atoms with E-state index in [2.05, 4.69) is 15.1 Å². The Morgan fingerprint density at radius 3 is 2.47 bits per heavy atom. The minimum absolute atomic E-state index is 0.344. The van der Waals surface area contributed by atoms with E-state index in [9.17, 15) is 0 Å². The topological polar surface area (TPSA) is 82.1 Å². The third-order valence-electron chi connectivity index (χ3n) is 2.40. The van der Waals surface area contributed by atoms with Crippen molar-refractivity contribution in [3.8, 4) is 6.07 Å². The van der Waals surface area contributed by atoms with Crippen molar-refractivity contribution in [1.82, 2.24) is 15.2 Å². The smallest absolute Gasteiger partial charge is 0.163 e. The Kier molecular flexibility index (Phi) is 2.76. The fourth-order valence-corrected chi connectivity index (χ4v) is 1.50. The number of anilines is 1. The number of nitrogens with zero attached hydrogens (tertiary/aromatic N) is 5. The predicted molar refractivity (Wildman–Crippen MR) is 54.7 cm³/mol. The third kappa shape index (κ3) is 2.21. The Balaban J connectivity index is 2.07. The summed E-state index contributed by atoms with van der Waals surface area (Å²) in [4.78, 5) is 2.11. The summed E-state index contributed by atoms with van der Waals surface area (Å²) in [5.41, 5.74) is 0.344. The molecule has 6 heteroatoms. The van der Waals surface area contributed by atoms with Crippen LogP contribution in [0.15, 0.2) is 12.1 Å². The van der Waals surface area contributed by atoms with Crippen LogP contribution in [0.2, 0.25) is 0 Å². The maximum absolute atomic E-state index is 8.58. The number of hydrogen-bond acceptors (Lipinski definition) is 6. The zero-order valence-corrected chi connectivity index (χ0v) is 8.30. The Morgan fingerprint density at radius 1 is 1.20 bits per heavy atom. The van der Waals surface area contributed by atoms with E-state index >= 15 is 0 Å². The van der Waals surface area contributed by atoms with Crippen LogP contribution in [-0.4, -0.2) is 41.4 Å². The Hall–Kier alpha value is -1.71. The molecule has 0 unspecified atom stereocenters. The fourth-order valence-electron chi connectivity index (χ4n) is 1.50. The monoisotopic (exact) mass is 204 g/mol. The van der Waals surface area contributed by atoms with E-state index in [-0.39, 0.29) is 0 Å². The Morgan fingerprint density at radius 2 is 1.93 bits per heavy atom. The van der Waals surface area contributed by atoms with Gasteiger partial charge in [-0.1, -0.05) is 0 Å². The van der Waals surface area contributed by atoms with Crippen LogP contribution in [0.25, 0.3) is 0 Å². The lowest BCUT2D eigenvalue weighted by atomic mass is 10.3. The van der Waals surface area contributed by atoms with Gasteiger partial charge in [-0.3, -0.25) is 5.84 Å². The predicted octanol–water partition coefficient (Wildman–Crippen LogP) is -0.656. The summed E-state index contributed by atoms with van der Waals surface area (Å²) in [5.74, 6) is 6.46. The number of aromatic nitrogens is 2. The molecule has 0 spiro atoms. The van der Waals surface area contributed by atoms with Gasteiger partial charge in [0.25, 0.3) is 0 Å². The van der Waals surface area contributed by atoms with Gasteiger partial charge in [0.15, 0.2) is 11.5 Å². The molecule has 0 radical (unpaired) electrons. The minimum atomic E-state index is 0.344. The second-order valence-electron chi connectivity index (χ2n) is 3.41. The van der Waals surface area contributed by atoms with Gasteiger partial charge in [-0.05, 0) is 12.1 Å². The number of nitriles is 1. The van der Waals surface area contributed by atoms with E-state index in [4.69, 9.17) is 11.1 Å². The second kappa shape index (κ2) is 4.21. The summed E-state index contributed by atoms with van der Waals surface area (Å²) in [5, 5.41) is 18.2.